The van der Waals surface area contributed by atoms with Crippen LogP contribution in [0.15, 0.2) is 10.6 Å². The fourth-order valence-corrected chi connectivity index (χ4v) is 3.90. The number of likely N-dealkylation sites (tertiary alicyclic amines) is 1. The normalized spacial score (nSPS) is 22.1. The molecular formula is C16H24N2O2. The van der Waals surface area contributed by atoms with E-state index in [1.807, 2.05) is 13.0 Å². The first-order valence-corrected chi connectivity index (χ1v) is 7.87. The minimum atomic E-state index is 0.211. The molecule has 1 amide bonds. The zero-order valence-corrected chi connectivity index (χ0v) is 12.4. The Morgan fingerprint density at radius 2 is 2.05 bits per heavy atom. The third-order valence-electron chi connectivity index (χ3n) is 4.94. The SMILES string of the molecule is Cc1cc(CC(=O)N2CCCC3(CCCCC3)C2)no1. The first-order valence-electron chi connectivity index (χ1n) is 7.87. The molecule has 1 aliphatic heterocycles. The van der Waals surface area contributed by atoms with Gasteiger partial charge in [0.25, 0.3) is 0 Å². The van der Waals surface area contributed by atoms with Gasteiger partial charge >= 0.3 is 0 Å². The highest BCUT2D eigenvalue weighted by Gasteiger charge is 2.37. The number of nitrogens with zero attached hydrogens (tertiary/aromatic N) is 2. The molecule has 0 N–H and O–H groups in total. The molecule has 110 valence electrons. The topological polar surface area (TPSA) is 46.3 Å². The van der Waals surface area contributed by atoms with E-state index in [2.05, 4.69) is 10.1 Å². The van der Waals surface area contributed by atoms with Crippen molar-refractivity contribution in [1.29, 1.82) is 0 Å². The number of hydrogen-bond acceptors (Lipinski definition) is 3. The maximum Gasteiger partial charge on any atom is 0.228 e. The van der Waals surface area contributed by atoms with E-state index in [4.69, 9.17) is 4.52 Å². The van der Waals surface area contributed by atoms with E-state index in [1.165, 1.54) is 38.5 Å². The number of rotatable bonds is 2. The summed E-state index contributed by atoms with van der Waals surface area (Å²) in [5.74, 6) is 0.984. The first kappa shape index (κ1) is 13.7. The Labute approximate surface area is 120 Å². The summed E-state index contributed by atoms with van der Waals surface area (Å²) in [6.45, 7) is 3.74. The summed E-state index contributed by atoms with van der Waals surface area (Å²) < 4.78 is 5.04. The maximum atomic E-state index is 12.4. The van der Waals surface area contributed by atoms with Crippen LogP contribution in [0, 0.1) is 12.3 Å². The third-order valence-corrected chi connectivity index (χ3v) is 4.94. The smallest absolute Gasteiger partial charge is 0.228 e. The lowest BCUT2D eigenvalue weighted by atomic mass is 9.69. The van der Waals surface area contributed by atoms with E-state index < -0.39 is 0 Å². The van der Waals surface area contributed by atoms with Crippen LogP contribution in [0.1, 0.15) is 56.4 Å². The first-order chi connectivity index (χ1) is 9.67. The average molecular weight is 276 g/mol. The summed E-state index contributed by atoms with van der Waals surface area (Å²) in [4.78, 5) is 14.5. The van der Waals surface area contributed by atoms with Crippen LogP contribution in [0.25, 0.3) is 0 Å². The molecule has 1 aliphatic carbocycles. The van der Waals surface area contributed by atoms with Crippen molar-refractivity contribution in [2.75, 3.05) is 13.1 Å². The number of carbonyl (C=O) groups is 1. The summed E-state index contributed by atoms with van der Waals surface area (Å²) >= 11 is 0. The van der Waals surface area contributed by atoms with Gasteiger partial charge in [0, 0.05) is 19.2 Å². The Kier molecular flexibility index (Phi) is 3.81. The third kappa shape index (κ3) is 2.89. The van der Waals surface area contributed by atoms with Crippen molar-refractivity contribution in [3.05, 3.63) is 17.5 Å². The molecule has 2 aliphatic rings. The second-order valence-electron chi connectivity index (χ2n) is 6.59. The molecule has 4 heteroatoms. The van der Waals surface area contributed by atoms with Gasteiger partial charge in [0.05, 0.1) is 12.1 Å². The van der Waals surface area contributed by atoms with Crippen molar-refractivity contribution in [3.8, 4) is 0 Å². The molecule has 0 radical (unpaired) electrons. The highest BCUT2D eigenvalue weighted by Crippen LogP contribution is 2.43. The van der Waals surface area contributed by atoms with Gasteiger partial charge in [-0.1, -0.05) is 24.4 Å². The van der Waals surface area contributed by atoms with Crippen molar-refractivity contribution in [2.45, 2.75) is 58.3 Å². The summed E-state index contributed by atoms with van der Waals surface area (Å²) in [7, 11) is 0. The summed E-state index contributed by atoms with van der Waals surface area (Å²) in [5.41, 5.74) is 1.18. The van der Waals surface area contributed by atoms with Gasteiger partial charge in [-0.25, -0.2) is 0 Å². The van der Waals surface area contributed by atoms with Crippen LogP contribution in [0.2, 0.25) is 0 Å². The molecule has 2 fully saturated rings. The van der Waals surface area contributed by atoms with E-state index in [0.717, 1.165) is 31.0 Å². The zero-order chi connectivity index (χ0) is 14.0. The zero-order valence-electron chi connectivity index (χ0n) is 12.4. The predicted molar refractivity (Wildman–Crippen MR) is 76.3 cm³/mol. The van der Waals surface area contributed by atoms with Gasteiger partial charge in [-0.2, -0.15) is 0 Å². The van der Waals surface area contributed by atoms with E-state index >= 15 is 0 Å². The van der Waals surface area contributed by atoms with E-state index in [9.17, 15) is 4.79 Å². The van der Waals surface area contributed by atoms with Gasteiger partial charge in [-0.05, 0) is 38.0 Å². The van der Waals surface area contributed by atoms with Crippen LogP contribution in [0.5, 0.6) is 0 Å². The van der Waals surface area contributed by atoms with Gasteiger partial charge in [0.1, 0.15) is 5.76 Å². The fourth-order valence-electron chi connectivity index (χ4n) is 3.90. The lowest BCUT2D eigenvalue weighted by Crippen LogP contribution is -2.47. The standard InChI is InChI=1S/C16H24N2O2/c1-13-10-14(17-20-13)11-15(19)18-9-5-8-16(12-18)6-3-2-4-7-16/h10H,2-9,11-12H2,1H3. The molecular weight excluding hydrogens is 252 g/mol. The van der Waals surface area contributed by atoms with Gasteiger partial charge in [-0.15, -0.1) is 0 Å². The number of aromatic nitrogens is 1. The second kappa shape index (κ2) is 5.58. The van der Waals surface area contributed by atoms with Gasteiger partial charge in [0.2, 0.25) is 5.91 Å². The molecule has 20 heavy (non-hydrogen) atoms. The molecule has 1 aromatic heterocycles. The molecule has 0 aromatic carbocycles. The monoisotopic (exact) mass is 276 g/mol. The minimum absolute atomic E-state index is 0.211. The summed E-state index contributed by atoms with van der Waals surface area (Å²) in [5, 5.41) is 3.93. The van der Waals surface area contributed by atoms with Crippen molar-refractivity contribution in [1.82, 2.24) is 10.1 Å². The highest BCUT2D eigenvalue weighted by molar-refractivity contribution is 5.78. The van der Waals surface area contributed by atoms with E-state index in [0.29, 0.717) is 11.8 Å². The van der Waals surface area contributed by atoms with E-state index in [1.54, 1.807) is 0 Å². The number of aryl methyl sites for hydroxylation is 1. The Morgan fingerprint density at radius 3 is 2.75 bits per heavy atom. The fraction of sp³-hybridized carbons (Fsp3) is 0.750. The van der Waals surface area contributed by atoms with Crippen molar-refractivity contribution in [2.24, 2.45) is 5.41 Å². The quantitative estimate of drug-likeness (QED) is 0.834. The minimum Gasteiger partial charge on any atom is -0.361 e. The van der Waals surface area contributed by atoms with Crippen LogP contribution in [-0.4, -0.2) is 29.1 Å². The molecule has 0 atom stereocenters. The van der Waals surface area contributed by atoms with Gasteiger partial charge in [-0.3, -0.25) is 4.79 Å². The van der Waals surface area contributed by atoms with Crippen molar-refractivity contribution < 1.29 is 9.32 Å². The molecule has 1 spiro atoms. The molecule has 3 rings (SSSR count). The molecule has 4 nitrogen and oxygen atoms in total. The Morgan fingerprint density at radius 1 is 1.30 bits per heavy atom. The van der Waals surface area contributed by atoms with Gasteiger partial charge < -0.3 is 9.42 Å². The average Bonchev–Trinajstić information content (AvgIpc) is 2.85. The van der Waals surface area contributed by atoms with Crippen LogP contribution < -0.4 is 0 Å². The molecule has 2 heterocycles. The predicted octanol–water partition coefficient (Wildman–Crippen LogP) is 3.10. The number of amides is 1. The van der Waals surface area contributed by atoms with Crippen molar-refractivity contribution >= 4 is 5.91 Å². The number of carbonyl (C=O) groups excluding carboxylic acids is 1. The van der Waals surface area contributed by atoms with E-state index in [-0.39, 0.29) is 5.91 Å². The molecule has 1 saturated carbocycles. The summed E-state index contributed by atoms with van der Waals surface area (Å²) in [6, 6.07) is 1.86. The Balaban J connectivity index is 1.62. The Bertz CT molecular complexity index is 469. The lowest BCUT2D eigenvalue weighted by molar-refractivity contribution is -0.134. The van der Waals surface area contributed by atoms with Crippen LogP contribution in [0.4, 0.5) is 0 Å². The van der Waals surface area contributed by atoms with Crippen molar-refractivity contribution in [3.63, 3.8) is 0 Å². The highest BCUT2D eigenvalue weighted by atomic mass is 16.5. The molecule has 0 bridgehead atoms. The Hall–Kier alpha value is -1.32. The largest absolute Gasteiger partial charge is 0.361 e. The van der Waals surface area contributed by atoms with Crippen LogP contribution >= 0.6 is 0 Å². The number of piperidine rings is 1. The molecule has 0 unspecified atom stereocenters. The second-order valence-corrected chi connectivity index (χ2v) is 6.59. The number of hydrogen-bond donors (Lipinski definition) is 0. The lowest BCUT2D eigenvalue weighted by Gasteiger charge is -2.45. The molecule has 1 aromatic rings. The van der Waals surface area contributed by atoms with Crippen LogP contribution in [-0.2, 0) is 11.2 Å². The summed E-state index contributed by atoms with van der Waals surface area (Å²) in [6.07, 6.45) is 9.50. The van der Waals surface area contributed by atoms with Crippen LogP contribution in [0.3, 0.4) is 0 Å². The molecule has 1 saturated heterocycles. The van der Waals surface area contributed by atoms with Gasteiger partial charge in [0.15, 0.2) is 0 Å². The maximum absolute atomic E-state index is 12.4.